The van der Waals surface area contributed by atoms with Crippen LogP contribution in [0.2, 0.25) is 5.02 Å². The summed E-state index contributed by atoms with van der Waals surface area (Å²) in [6.45, 7) is 6.78. The average molecular weight is 431 g/mol. The summed E-state index contributed by atoms with van der Waals surface area (Å²) in [5.41, 5.74) is 3.89. The molecule has 0 bridgehead atoms. The Morgan fingerprint density at radius 2 is 1.71 bits per heavy atom. The summed E-state index contributed by atoms with van der Waals surface area (Å²) >= 11 is 13.5. The van der Waals surface area contributed by atoms with Crippen LogP contribution < -0.4 is 0 Å². The van der Waals surface area contributed by atoms with E-state index in [0.29, 0.717) is 0 Å². The number of alkyl halides is 1. The topological polar surface area (TPSA) is 0 Å². The van der Waals surface area contributed by atoms with E-state index in [9.17, 15) is 0 Å². The van der Waals surface area contributed by atoms with Gasteiger partial charge in [0, 0.05) is 9.50 Å². The minimum atomic E-state index is 0.108. The van der Waals surface area contributed by atoms with E-state index in [2.05, 4.69) is 83.0 Å². The van der Waals surface area contributed by atoms with Crippen LogP contribution >= 0.6 is 43.5 Å². The van der Waals surface area contributed by atoms with Gasteiger partial charge in [-0.3, -0.25) is 0 Å². The molecule has 3 heteroatoms. The average Bonchev–Trinajstić information content (AvgIpc) is 2.47. The summed E-state index contributed by atoms with van der Waals surface area (Å²) in [5, 5.41) is 0.768. The Balaban J connectivity index is 2.30. The fourth-order valence-corrected chi connectivity index (χ4v) is 3.81. The van der Waals surface area contributed by atoms with E-state index >= 15 is 0 Å². The minimum absolute atomic E-state index is 0.108. The first-order valence-corrected chi connectivity index (χ1v) is 9.13. The van der Waals surface area contributed by atoms with Gasteiger partial charge in [0.1, 0.15) is 0 Å². The molecule has 0 aliphatic heterocycles. The predicted octanol–water partition coefficient (Wildman–Crippen LogP) is 7.27. The Kier molecular flexibility index (Phi) is 5.56. The lowest BCUT2D eigenvalue weighted by Gasteiger charge is -2.24. The summed E-state index contributed by atoms with van der Waals surface area (Å²) in [7, 11) is 0. The van der Waals surface area contributed by atoms with E-state index in [0.717, 1.165) is 21.5 Å². The highest BCUT2D eigenvalue weighted by atomic mass is 79.9. The predicted molar refractivity (Wildman–Crippen MR) is 99.7 cm³/mol. The highest BCUT2D eigenvalue weighted by molar-refractivity contribution is 9.10. The van der Waals surface area contributed by atoms with Gasteiger partial charge in [0.2, 0.25) is 0 Å². The lowest BCUT2D eigenvalue weighted by Crippen LogP contribution is -2.15. The molecule has 0 fully saturated rings. The molecule has 0 amide bonds. The van der Waals surface area contributed by atoms with E-state index in [1.165, 1.54) is 11.1 Å². The van der Waals surface area contributed by atoms with Gasteiger partial charge in [-0.05, 0) is 40.7 Å². The second-order valence-corrected chi connectivity index (χ2v) is 8.13. The standard InChI is InChI=1S/C18H19Br2Cl/c1-4-18(2,3)13-7-5-12(6-8-13)17(20)15-10-9-14(19)11-16(15)21/h5-11,17H,4H2,1-3H3. The lowest BCUT2D eigenvalue weighted by molar-refractivity contribution is 0.506. The molecule has 0 radical (unpaired) electrons. The first-order valence-electron chi connectivity index (χ1n) is 7.04. The van der Waals surface area contributed by atoms with Gasteiger partial charge in [-0.15, -0.1) is 0 Å². The Labute approximate surface area is 149 Å². The Hall–Kier alpha value is -0.310. The van der Waals surface area contributed by atoms with Crippen molar-refractivity contribution in [3.8, 4) is 0 Å². The van der Waals surface area contributed by atoms with Gasteiger partial charge in [-0.2, -0.15) is 0 Å². The molecule has 1 atom stereocenters. The van der Waals surface area contributed by atoms with Crippen molar-refractivity contribution in [2.45, 2.75) is 37.4 Å². The normalized spacial score (nSPS) is 13.2. The van der Waals surface area contributed by atoms with E-state index in [-0.39, 0.29) is 10.2 Å². The van der Waals surface area contributed by atoms with Crippen LogP contribution in [0.4, 0.5) is 0 Å². The molecule has 0 aliphatic carbocycles. The van der Waals surface area contributed by atoms with E-state index < -0.39 is 0 Å². The van der Waals surface area contributed by atoms with Crippen LogP contribution in [0.15, 0.2) is 46.9 Å². The Morgan fingerprint density at radius 1 is 1.10 bits per heavy atom. The summed E-state index contributed by atoms with van der Waals surface area (Å²) in [4.78, 5) is 0.108. The smallest absolute Gasteiger partial charge is 0.0659 e. The summed E-state index contributed by atoms with van der Waals surface area (Å²) < 4.78 is 0.996. The molecule has 2 aromatic rings. The maximum absolute atomic E-state index is 6.34. The zero-order chi connectivity index (χ0) is 15.6. The Morgan fingerprint density at radius 3 is 2.24 bits per heavy atom. The molecule has 0 N–H and O–H groups in total. The molecule has 0 spiro atoms. The summed E-state index contributed by atoms with van der Waals surface area (Å²) in [5.74, 6) is 0. The fourth-order valence-electron chi connectivity index (χ4n) is 2.19. The van der Waals surface area contributed by atoms with Gasteiger partial charge in [0.15, 0.2) is 0 Å². The molecule has 0 saturated carbocycles. The maximum atomic E-state index is 6.34. The van der Waals surface area contributed by atoms with Gasteiger partial charge in [0.25, 0.3) is 0 Å². The highest BCUT2D eigenvalue weighted by Crippen LogP contribution is 2.37. The summed E-state index contributed by atoms with van der Waals surface area (Å²) in [6.07, 6.45) is 1.13. The molecule has 0 nitrogen and oxygen atoms in total. The molecule has 21 heavy (non-hydrogen) atoms. The second kappa shape index (κ2) is 6.85. The van der Waals surface area contributed by atoms with Gasteiger partial charge < -0.3 is 0 Å². The third-order valence-corrected chi connectivity index (χ3v) is 5.95. The van der Waals surface area contributed by atoms with Gasteiger partial charge in [-0.1, -0.05) is 94.6 Å². The molecular weight excluding hydrogens is 411 g/mol. The molecule has 2 aromatic carbocycles. The molecule has 0 heterocycles. The van der Waals surface area contributed by atoms with Crippen molar-refractivity contribution in [3.63, 3.8) is 0 Å². The van der Waals surface area contributed by atoms with Crippen LogP contribution in [0.3, 0.4) is 0 Å². The van der Waals surface area contributed by atoms with Crippen molar-refractivity contribution in [1.29, 1.82) is 0 Å². The molecule has 2 rings (SSSR count). The molecule has 0 aromatic heterocycles. The first-order chi connectivity index (χ1) is 9.85. The van der Waals surface area contributed by atoms with Gasteiger partial charge in [-0.25, -0.2) is 0 Å². The van der Waals surface area contributed by atoms with Crippen molar-refractivity contribution in [2.75, 3.05) is 0 Å². The molecule has 0 aliphatic rings. The third-order valence-electron chi connectivity index (χ3n) is 4.10. The highest BCUT2D eigenvalue weighted by Gasteiger charge is 2.19. The van der Waals surface area contributed by atoms with Crippen molar-refractivity contribution in [3.05, 3.63) is 68.7 Å². The van der Waals surface area contributed by atoms with Crippen LogP contribution in [0.25, 0.3) is 0 Å². The van der Waals surface area contributed by atoms with Crippen molar-refractivity contribution >= 4 is 43.5 Å². The van der Waals surface area contributed by atoms with Crippen molar-refractivity contribution < 1.29 is 0 Å². The number of halogens is 3. The summed E-state index contributed by atoms with van der Waals surface area (Å²) in [6, 6.07) is 14.8. The zero-order valence-corrected chi connectivity index (χ0v) is 16.4. The van der Waals surface area contributed by atoms with Crippen LogP contribution in [0.1, 0.15) is 48.7 Å². The molecule has 0 saturated heterocycles. The van der Waals surface area contributed by atoms with E-state index in [4.69, 9.17) is 11.6 Å². The largest absolute Gasteiger partial charge is 0.0839 e. The Bertz CT molecular complexity index is 618. The first kappa shape index (κ1) is 17.1. The van der Waals surface area contributed by atoms with Crippen molar-refractivity contribution in [1.82, 2.24) is 0 Å². The van der Waals surface area contributed by atoms with Gasteiger partial charge in [0.05, 0.1) is 4.83 Å². The monoisotopic (exact) mass is 428 g/mol. The second-order valence-electron chi connectivity index (χ2n) is 5.89. The zero-order valence-electron chi connectivity index (χ0n) is 12.5. The van der Waals surface area contributed by atoms with Crippen LogP contribution in [0.5, 0.6) is 0 Å². The molecule has 1 unspecified atom stereocenters. The fraction of sp³-hybridized carbons (Fsp3) is 0.333. The van der Waals surface area contributed by atoms with Crippen LogP contribution in [-0.2, 0) is 5.41 Å². The maximum Gasteiger partial charge on any atom is 0.0659 e. The van der Waals surface area contributed by atoms with Crippen LogP contribution in [-0.4, -0.2) is 0 Å². The number of hydrogen-bond acceptors (Lipinski definition) is 0. The van der Waals surface area contributed by atoms with Gasteiger partial charge >= 0.3 is 0 Å². The van der Waals surface area contributed by atoms with Crippen molar-refractivity contribution in [2.24, 2.45) is 0 Å². The SMILES string of the molecule is CCC(C)(C)c1ccc(C(Br)c2ccc(Br)cc2Cl)cc1. The lowest BCUT2D eigenvalue weighted by atomic mass is 9.82. The number of benzene rings is 2. The van der Waals surface area contributed by atoms with E-state index in [1.807, 2.05) is 12.1 Å². The number of hydrogen-bond donors (Lipinski definition) is 0. The minimum Gasteiger partial charge on any atom is -0.0839 e. The molecule has 112 valence electrons. The third kappa shape index (κ3) is 3.91. The molecular formula is C18H19Br2Cl. The van der Waals surface area contributed by atoms with E-state index in [1.54, 1.807) is 0 Å². The van der Waals surface area contributed by atoms with Crippen LogP contribution in [0, 0.1) is 0 Å². The number of rotatable bonds is 4. The quantitative estimate of drug-likeness (QED) is 0.447.